The normalized spacial score (nSPS) is 23.5. The van der Waals surface area contributed by atoms with Crippen molar-refractivity contribution >= 4 is 17.5 Å². The fraction of sp³-hybridized carbons (Fsp3) is 0.500. The fourth-order valence-corrected chi connectivity index (χ4v) is 2.15. The first kappa shape index (κ1) is 13.4. The molecule has 2 rings (SSSR count). The Balaban J connectivity index is 1.89. The van der Waals surface area contributed by atoms with Gasteiger partial charge in [-0.1, -0.05) is 30.7 Å². The minimum absolute atomic E-state index is 0.125. The van der Waals surface area contributed by atoms with Gasteiger partial charge in [0.15, 0.2) is 0 Å². The molecule has 98 valence electrons. The minimum Gasteiger partial charge on any atom is -0.375 e. The van der Waals surface area contributed by atoms with Crippen LogP contribution in [-0.2, 0) is 9.53 Å². The van der Waals surface area contributed by atoms with Crippen LogP contribution >= 0.6 is 11.6 Å². The molecule has 3 atom stereocenters. The van der Waals surface area contributed by atoms with Crippen LogP contribution in [0, 0.1) is 11.8 Å². The van der Waals surface area contributed by atoms with E-state index >= 15 is 0 Å². The summed E-state index contributed by atoms with van der Waals surface area (Å²) in [6.07, 6.45) is 0.880. The van der Waals surface area contributed by atoms with E-state index in [-0.39, 0.29) is 17.9 Å². The topological polar surface area (TPSA) is 38.3 Å². The molecule has 1 fully saturated rings. The highest BCUT2D eigenvalue weighted by Crippen LogP contribution is 2.37. The Kier molecular flexibility index (Phi) is 4.25. The summed E-state index contributed by atoms with van der Waals surface area (Å²) in [7, 11) is 1.64. The first-order valence-corrected chi connectivity index (χ1v) is 6.55. The molecule has 0 saturated heterocycles. The van der Waals surface area contributed by atoms with E-state index in [1.807, 2.05) is 24.3 Å². The lowest BCUT2D eigenvalue weighted by molar-refractivity contribution is -0.123. The van der Waals surface area contributed by atoms with E-state index in [1.165, 1.54) is 0 Å². The molecule has 0 aromatic heterocycles. The van der Waals surface area contributed by atoms with Gasteiger partial charge >= 0.3 is 0 Å². The first-order valence-electron chi connectivity index (χ1n) is 6.17. The standard InChI is InChI=1S/C14H18ClNO2/c1-9-7-12(9)14(17)16-8-13(18-2)10-3-5-11(15)6-4-10/h3-6,9,12-13H,7-8H2,1-2H3,(H,16,17)/t9-,12+,13+/m0/s1. The maximum atomic E-state index is 11.7. The second kappa shape index (κ2) is 5.72. The van der Waals surface area contributed by atoms with E-state index in [1.54, 1.807) is 7.11 Å². The summed E-state index contributed by atoms with van der Waals surface area (Å²) in [5.74, 6) is 0.868. The van der Waals surface area contributed by atoms with Crippen LogP contribution in [0.15, 0.2) is 24.3 Å². The van der Waals surface area contributed by atoms with Gasteiger partial charge in [-0.3, -0.25) is 4.79 Å². The van der Waals surface area contributed by atoms with Gasteiger partial charge in [0.1, 0.15) is 0 Å². The van der Waals surface area contributed by atoms with Crippen LogP contribution in [0.3, 0.4) is 0 Å². The maximum Gasteiger partial charge on any atom is 0.223 e. The van der Waals surface area contributed by atoms with Gasteiger partial charge in [0.25, 0.3) is 0 Å². The lowest BCUT2D eigenvalue weighted by Gasteiger charge is -2.16. The molecule has 0 heterocycles. The number of methoxy groups -OCH3 is 1. The summed E-state index contributed by atoms with van der Waals surface area (Å²) in [5.41, 5.74) is 1.02. The molecule has 1 aromatic carbocycles. The van der Waals surface area contributed by atoms with Gasteiger partial charge < -0.3 is 10.1 Å². The molecule has 0 radical (unpaired) electrons. The Morgan fingerprint density at radius 2 is 2.11 bits per heavy atom. The molecule has 4 heteroatoms. The van der Waals surface area contributed by atoms with Crippen LogP contribution in [0.1, 0.15) is 25.0 Å². The van der Waals surface area contributed by atoms with Crippen molar-refractivity contribution in [2.75, 3.05) is 13.7 Å². The highest BCUT2D eigenvalue weighted by Gasteiger charge is 2.39. The van der Waals surface area contributed by atoms with Gasteiger partial charge in [-0.2, -0.15) is 0 Å². The van der Waals surface area contributed by atoms with Gasteiger partial charge in [-0.15, -0.1) is 0 Å². The van der Waals surface area contributed by atoms with Crippen LogP contribution in [0.2, 0.25) is 5.02 Å². The molecule has 1 amide bonds. The zero-order chi connectivity index (χ0) is 13.1. The SMILES string of the molecule is CO[C@H](CNC(=O)[C@@H]1C[C@@H]1C)c1ccc(Cl)cc1. The number of carbonyl (C=O) groups excluding carboxylic acids is 1. The number of hydrogen-bond acceptors (Lipinski definition) is 2. The van der Waals surface area contributed by atoms with E-state index in [2.05, 4.69) is 12.2 Å². The summed E-state index contributed by atoms with van der Waals surface area (Å²) in [6, 6.07) is 7.49. The maximum absolute atomic E-state index is 11.7. The van der Waals surface area contributed by atoms with Crippen molar-refractivity contribution in [3.05, 3.63) is 34.9 Å². The van der Waals surface area contributed by atoms with Crippen LogP contribution in [0.25, 0.3) is 0 Å². The number of halogens is 1. The third kappa shape index (κ3) is 3.24. The third-order valence-corrected chi connectivity index (χ3v) is 3.69. The third-order valence-electron chi connectivity index (χ3n) is 3.43. The van der Waals surface area contributed by atoms with E-state index in [0.717, 1.165) is 12.0 Å². The molecular weight excluding hydrogens is 250 g/mol. The summed E-state index contributed by atoms with van der Waals surface area (Å²) in [4.78, 5) is 11.7. The zero-order valence-corrected chi connectivity index (χ0v) is 11.4. The lowest BCUT2D eigenvalue weighted by Crippen LogP contribution is -2.30. The van der Waals surface area contributed by atoms with Crippen molar-refractivity contribution in [2.24, 2.45) is 11.8 Å². The van der Waals surface area contributed by atoms with Crippen molar-refractivity contribution in [1.82, 2.24) is 5.32 Å². The quantitative estimate of drug-likeness (QED) is 0.891. The number of amides is 1. The second-order valence-electron chi connectivity index (χ2n) is 4.84. The molecule has 1 aliphatic rings. The minimum atomic E-state index is -0.125. The largest absolute Gasteiger partial charge is 0.375 e. The van der Waals surface area contributed by atoms with Crippen molar-refractivity contribution in [2.45, 2.75) is 19.4 Å². The molecular formula is C14H18ClNO2. The average Bonchev–Trinajstić information content (AvgIpc) is 3.09. The molecule has 0 bridgehead atoms. The number of nitrogens with one attached hydrogen (secondary N) is 1. The van der Waals surface area contributed by atoms with Gasteiger partial charge in [-0.25, -0.2) is 0 Å². The molecule has 3 nitrogen and oxygen atoms in total. The van der Waals surface area contributed by atoms with Gasteiger partial charge in [0.05, 0.1) is 6.10 Å². The number of benzene rings is 1. The molecule has 1 aliphatic carbocycles. The van der Waals surface area contributed by atoms with Gasteiger partial charge in [0, 0.05) is 24.6 Å². The summed E-state index contributed by atoms with van der Waals surface area (Å²) >= 11 is 5.84. The van der Waals surface area contributed by atoms with Crippen molar-refractivity contribution in [1.29, 1.82) is 0 Å². The second-order valence-corrected chi connectivity index (χ2v) is 5.28. The van der Waals surface area contributed by atoms with Crippen LogP contribution in [-0.4, -0.2) is 19.6 Å². The molecule has 18 heavy (non-hydrogen) atoms. The zero-order valence-electron chi connectivity index (χ0n) is 10.7. The fourth-order valence-electron chi connectivity index (χ4n) is 2.03. The van der Waals surface area contributed by atoms with E-state index in [4.69, 9.17) is 16.3 Å². The van der Waals surface area contributed by atoms with Gasteiger partial charge in [-0.05, 0) is 30.0 Å². The number of hydrogen-bond donors (Lipinski definition) is 1. The Hall–Kier alpha value is -1.06. The Morgan fingerprint density at radius 3 is 2.61 bits per heavy atom. The molecule has 1 saturated carbocycles. The highest BCUT2D eigenvalue weighted by molar-refractivity contribution is 6.30. The Labute approximate surface area is 112 Å². The van der Waals surface area contributed by atoms with Crippen molar-refractivity contribution < 1.29 is 9.53 Å². The average molecular weight is 268 g/mol. The van der Waals surface area contributed by atoms with Gasteiger partial charge in [0.2, 0.25) is 5.91 Å². The van der Waals surface area contributed by atoms with Crippen LogP contribution < -0.4 is 5.32 Å². The first-order chi connectivity index (χ1) is 8.61. The van der Waals surface area contributed by atoms with E-state index < -0.39 is 0 Å². The van der Waals surface area contributed by atoms with E-state index in [9.17, 15) is 4.79 Å². The highest BCUT2D eigenvalue weighted by atomic mass is 35.5. The van der Waals surface area contributed by atoms with Crippen molar-refractivity contribution in [3.8, 4) is 0 Å². The molecule has 1 N–H and O–H groups in total. The summed E-state index contributed by atoms with van der Waals surface area (Å²) < 4.78 is 5.40. The molecule has 0 unspecified atom stereocenters. The monoisotopic (exact) mass is 267 g/mol. The summed E-state index contributed by atoms with van der Waals surface area (Å²) in [5, 5.41) is 3.64. The lowest BCUT2D eigenvalue weighted by atomic mass is 10.1. The van der Waals surface area contributed by atoms with Crippen LogP contribution in [0.5, 0.6) is 0 Å². The Bertz CT molecular complexity index is 418. The smallest absolute Gasteiger partial charge is 0.223 e. The Morgan fingerprint density at radius 1 is 1.50 bits per heavy atom. The number of carbonyl (C=O) groups is 1. The predicted octanol–water partition coefficient (Wildman–Crippen LogP) is 2.80. The van der Waals surface area contributed by atoms with Crippen molar-refractivity contribution in [3.63, 3.8) is 0 Å². The summed E-state index contributed by atoms with van der Waals surface area (Å²) in [6.45, 7) is 2.59. The molecule has 1 aromatic rings. The molecule has 0 aliphatic heterocycles. The van der Waals surface area contributed by atoms with Crippen LogP contribution in [0.4, 0.5) is 0 Å². The van der Waals surface area contributed by atoms with E-state index in [0.29, 0.717) is 17.5 Å². The molecule has 0 spiro atoms. The number of ether oxygens (including phenoxy) is 1. The number of rotatable bonds is 5. The predicted molar refractivity (Wildman–Crippen MR) is 71.5 cm³/mol.